The van der Waals surface area contributed by atoms with Gasteiger partial charge in [-0.05, 0) is 36.4 Å². The number of ether oxygens (including phenoxy) is 1. The van der Waals surface area contributed by atoms with E-state index in [0.717, 1.165) is 10.4 Å². The van der Waals surface area contributed by atoms with Crippen molar-refractivity contribution in [2.45, 2.75) is 25.8 Å². The van der Waals surface area contributed by atoms with Gasteiger partial charge in [-0.2, -0.15) is 0 Å². The second-order valence-electron chi connectivity index (χ2n) is 4.32. The number of aliphatic carboxylic acids is 1. The minimum Gasteiger partial charge on any atom is -0.480 e. The van der Waals surface area contributed by atoms with E-state index in [4.69, 9.17) is 5.11 Å². The van der Waals surface area contributed by atoms with Gasteiger partial charge in [0.25, 0.3) is 0 Å². The third kappa shape index (κ3) is 5.78. The SMILES string of the molecule is COC(=O)CCC(NC(=O)/C=C/c1sccc1C)C(=O)O. The summed E-state index contributed by atoms with van der Waals surface area (Å²) in [5.74, 6) is -2.21. The van der Waals surface area contributed by atoms with Crippen LogP contribution in [0.5, 0.6) is 0 Å². The number of aryl methyl sites for hydroxylation is 1. The molecular formula is C14H17NO5S. The summed E-state index contributed by atoms with van der Waals surface area (Å²) >= 11 is 1.49. The van der Waals surface area contributed by atoms with Crippen LogP contribution in [0.25, 0.3) is 6.08 Å². The van der Waals surface area contributed by atoms with Gasteiger partial charge in [-0.3, -0.25) is 9.59 Å². The quantitative estimate of drug-likeness (QED) is 0.589. The topological polar surface area (TPSA) is 92.7 Å². The first kappa shape index (κ1) is 16.9. The zero-order valence-electron chi connectivity index (χ0n) is 11.8. The molecule has 0 saturated carbocycles. The van der Waals surface area contributed by atoms with Gasteiger partial charge in [-0.25, -0.2) is 4.79 Å². The molecule has 7 heteroatoms. The van der Waals surface area contributed by atoms with Crippen molar-refractivity contribution in [3.05, 3.63) is 28.0 Å². The first-order valence-corrected chi connectivity index (χ1v) is 7.14. The number of esters is 1. The van der Waals surface area contributed by atoms with E-state index in [1.165, 1.54) is 24.5 Å². The van der Waals surface area contributed by atoms with Gasteiger partial charge in [0.05, 0.1) is 7.11 Å². The average molecular weight is 311 g/mol. The maximum absolute atomic E-state index is 11.7. The molecule has 1 aromatic rings. The van der Waals surface area contributed by atoms with Crippen molar-refractivity contribution in [1.29, 1.82) is 0 Å². The van der Waals surface area contributed by atoms with Gasteiger partial charge >= 0.3 is 11.9 Å². The number of nitrogens with one attached hydrogen (secondary N) is 1. The lowest BCUT2D eigenvalue weighted by Gasteiger charge is -2.12. The summed E-state index contributed by atoms with van der Waals surface area (Å²) in [6, 6.07) is 0.809. The summed E-state index contributed by atoms with van der Waals surface area (Å²) < 4.78 is 4.44. The molecular weight excluding hydrogens is 294 g/mol. The number of hydrogen-bond acceptors (Lipinski definition) is 5. The zero-order chi connectivity index (χ0) is 15.8. The number of rotatable bonds is 7. The molecule has 21 heavy (non-hydrogen) atoms. The lowest BCUT2D eigenvalue weighted by atomic mass is 10.1. The van der Waals surface area contributed by atoms with Crippen molar-refractivity contribution in [1.82, 2.24) is 5.32 Å². The summed E-state index contributed by atoms with van der Waals surface area (Å²) in [5, 5.41) is 13.3. The Kier molecular flexibility index (Phi) is 6.61. The third-order valence-electron chi connectivity index (χ3n) is 2.77. The van der Waals surface area contributed by atoms with Crippen molar-refractivity contribution in [2.75, 3.05) is 7.11 Å². The summed E-state index contributed by atoms with van der Waals surface area (Å²) in [6.45, 7) is 1.92. The van der Waals surface area contributed by atoms with Crippen LogP contribution < -0.4 is 5.32 Å². The molecule has 0 spiro atoms. The Labute approximate surface area is 126 Å². The highest BCUT2D eigenvalue weighted by atomic mass is 32.1. The normalized spacial score (nSPS) is 12.1. The second-order valence-corrected chi connectivity index (χ2v) is 5.26. The molecule has 1 unspecified atom stereocenters. The highest BCUT2D eigenvalue weighted by molar-refractivity contribution is 7.11. The third-order valence-corrected chi connectivity index (χ3v) is 3.75. The van der Waals surface area contributed by atoms with E-state index in [9.17, 15) is 14.4 Å². The van der Waals surface area contributed by atoms with Gasteiger partial charge in [-0.1, -0.05) is 0 Å². The Morgan fingerprint density at radius 2 is 2.19 bits per heavy atom. The molecule has 0 aliphatic rings. The number of thiophene rings is 1. The number of hydrogen-bond donors (Lipinski definition) is 2. The zero-order valence-corrected chi connectivity index (χ0v) is 12.6. The number of carboxylic acids is 1. The van der Waals surface area contributed by atoms with Crippen molar-refractivity contribution < 1.29 is 24.2 Å². The van der Waals surface area contributed by atoms with Crippen LogP contribution in [0.3, 0.4) is 0 Å². The highest BCUT2D eigenvalue weighted by Crippen LogP contribution is 2.16. The molecule has 0 aliphatic carbocycles. The predicted octanol–water partition coefficient (Wildman–Crippen LogP) is 1.59. The van der Waals surface area contributed by atoms with Crippen molar-refractivity contribution in [3.63, 3.8) is 0 Å². The Morgan fingerprint density at radius 3 is 2.71 bits per heavy atom. The molecule has 0 bridgehead atoms. The van der Waals surface area contributed by atoms with Crippen LogP contribution in [-0.2, 0) is 19.1 Å². The fourth-order valence-electron chi connectivity index (χ4n) is 1.55. The van der Waals surface area contributed by atoms with Gasteiger partial charge in [-0.15, -0.1) is 11.3 Å². The number of carbonyl (C=O) groups is 3. The van der Waals surface area contributed by atoms with Crippen LogP contribution in [0.15, 0.2) is 17.5 Å². The fourth-order valence-corrected chi connectivity index (χ4v) is 2.37. The average Bonchev–Trinajstić information content (AvgIpc) is 2.85. The number of carbonyl (C=O) groups excluding carboxylic acids is 2. The van der Waals surface area contributed by atoms with E-state index in [1.54, 1.807) is 6.08 Å². The maximum atomic E-state index is 11.7. The minimum absolute atomic E-state index is 0.0143. The van der Waals surface area contributed by atoms with Gasteiger partial charge in [0.2, 0.25) is 5.91 Å². The van der Waals surface area contributed by atoms with E-state index in [2.05, 4.69) is 10.1 Å². The minimum atomic E-state index is -1.19. The largest absolute Gasteiger partial charge is 0.480 e. The smallest absolute Gasteiger partial charge is 0.326 e. The first-order valence-electron chi connectivity index (χ1n) is 6.26. The van der Waals surface area contributed by atoms with Crippen LogP contribution in [0.1, 0.15) is 23.3 Å². The Bertz CT molecular complexity index is 549. The van der Waals surface area contributed by atoms with Crippen LogP contribution >= 0.6 is 11.3 Å². The van der Waals surface area contributed by atoms with Crippen LogP contribution in [-0.4, -0.2) is 36.1 Å². The molecule has 1 heterocycles. The van der Waals surface area contributed by atoms with Crippen molar-refractivity contribution >= 4 is 35.3 Å². The van der Waals surface area contributed by atoms with Gasteiger partial charge in [0.15, 0.2) is 0 Å². The van der Waals surface area contributed by atoms with Gasteiger partial charge in [0, 0.05) is 17.4 Å². The monoisotopic (exact) mass is 311 g/mol. The second kappa shape index (κ2) is 8.21. The molecule has 2 N–H and O–H groups in total. The lowest BCUT2D eigenvalue weighted by molar-refractivity contribution is -0.143. The molecule has 1 rings (SSSR count). The molecule has 114 valence electrons. The fraction of sp³-hybridized carbons (Fsp3) is 0.357. The molecule has 0 aliphatic heterocycles. The number of carboxylic acid groups (broad SMARTS) is 1. The van der Waals surface area contributed by atoms with Crippen LogP contribution in [0.2, 0.25) is 0 Å². The van der Waals surface area contributed by atoms with Crippen molar-refractivity contribution in [3.8, 4) is 0 Å². The lowest BCUT2D eigenvalue weighted by Crippen LogP contribution is -2.40. The van der Waals surface area contributed by atoms with E-state index in [-0.39, 0.29) is 12.8 Å². The molecule has 0 saturated heterocycles. The first-order chi connectivity index (χ1) is 9.93. The van der Waals surface area contributed by atoms with Gasteiger partial charge in [0.1, 0.15) is 6.04 Å². The highest BCUT2D eigenvalue weighted by Gasteiger charge is 2.20. The molecule has 0 radical (unpaired) electrons. The molecule has 1 atom stereocenters. The summed E-state index contributed by atoms with van der Waals surface area (Å²) in [6.07, 6.45) is 2.84. The summed E-state index contributed by atoms with van der Waals surface area (Å²) in [4.78, 5) is 34.7. The van der Waals surface area contributed by atoms with Gasteiger partial charge < -0.3 is 15.2 Å². The van der Waals surface area contributed by atoms with E-state index in [1.807, 2.05) is 18.4 Å². The number of methoxy groups -OCH3 is 1. The molecule has 6 nitrogen and oxygen atoms in total. The van der Waals surface area contributed by atoms with E-state index < -0.39 is 23.9 Å². The molecule has 1 amide bonds. The number of amides is 1. The van der Waals surface area contributed by atoms with Crippen molar-refractivity contribution in [2.24, 2.45) is 0 Å². The Morgan fingerprint density at radius 1 is 1.48 bits per heavy atom. The van der Waals surface area contributed by atoms with Crippen LogP contribution in [0, 0.1) is 6.92 Å². The van der Waals surface area contributed by atoms with Crippen LogP contribution in [0.4, 0.5) is 0 Å². The van der Waals surface area contributed by atoms with E-state index >= 15 is 0 Å². The molecule has 0 fully saturated rings. The predicted molar refractivity (Wildman–Crippen MR) is 78.9 cm³/mol. The summed E-state index contributed by atoms with van der Waals surface area (Å²) in [5.41, 5.74) is 1.05. The van der Waals surface area contributed by atoms with E-state index in [0.29, 0.717) is 0 Å². The molecule has 1 aromatic heterocycles. The Hall–Kier alpha value is -2.15. The summed E-state index contributed by atoms with van der Waals surface area (Å²) in [7, 11) is 1.22. The molecule has 0 aromatic carbocycles. The Balaban J connectivity index is 2.56. The maximum Gasteiger partial charge on any atom is 0.326 e. The standard InChI is InChI=1S/C14H17NO5S/c1-9-7-8-21-11(9)4-5-12(16)15-10(14(18)19)3-6-13(17)20-2/h4-5,7-8,10H,3,6H2,1-2H3,(H,15,16)(H,18,19)/b5-4+.